The van der Waals surface area contributed by atoms with E-state index in [4.69, 9.17) is 23.2 Å². The Morgan fingerprint density at radius 2 is 2.27 bits per heavy atom. The maximum absolute atomic E-state index is 11.9. The van der Waals surface area contributed by atoms with Crippen molar-refractivity contribution in [3.63, 3.8) is 0 Å². The average Bonchev–Trinajstić information content (AvgIpc) is 2.46. The molecule has 2 atom stereocenters. The molecule has 0 aliphatic carbocycles. The van der Waals surface area contributed by atoms with Gasteiger partial charge in [-0.2, -0.15) is 11.8 Å². The number of thioether (sulfide) groups is 1. The lowest BCUT2D eigenvalue weighted by Crippen LogP contribution is -2.41. The van der Waals surface area contributed by atoms with E-state index in [0.717, 1.165) is 18.1 Å². The Labute approximate surface area is 150 Å². The summed E-state index contributed by atoms with van der Waals surface area (Å²) in [5.74, 6) is 1.96. The van der Waals surface area contributed by atoms with E-state index in [1.807, 2.05) is 11.8 Å². The molecule has 4 nitrogen and oxygen atoms in total. The van der Waals surface area contributed by atoms with Gasteiger partial charge in [-0.3, -0.25) is 4.79 Å². The monoisotopic (exact) mass is 384 g/mol. The van der Waals surface area contributed by atoms with Crippen molar-refractivity contribution in [3.05, 3.63) is 33.8 Å². The van der Waals surface area contributed by atoms with Gasteiger partial charge in [-0.05, 0) is 12.1 Å². The van der Waals surface area contributed by atoms with Crippen molar-refractivity contribution in [1.82, 2.24) is 10.6 Å². The van der Waals surface area contributed by atoms with Gasteiger partial charge in [0.25, 0.3) is 0 Å². The van der Waals surface area contributed by atoms with Gasteiger partial charge in [-0.15, -0.1) is 12.4 Å². The van der Waals surface area contributed by atoms with E-state index < -0.39 is 6.10 Å². The van der Waals surface area contributed by atoms with E-state index in [1.54, 1.807) is 18.2 Å². The molecule has 0 aromatic heterocycles. The van der Waals surface area contributed by atoms with Crippen LogP contribution in [-0.2, 0) is 4.79 Å². The fourth-order valence-electron chi connectivity index (χ4n) is 2.14. The van der Waals surface area contributed by atoms with Crippen LogP contribution in [0.4, 0.5) is 0 Å². The van der Waals surface area contributed by atoms with E-state index in [1.165, 1.54) is 0 Å². The molecule has 8 heteroatoms. The topological polar surface area (TPSA) is 61.4 Å². The molecular formula is C14H19Cl3N2O2S. The number of halogens is 3. The molecule has 22 heavy (non-hydrogen) atoms. The molecule has 0 bridgehead atoms. The lowest BCUT2D eigenvalue weighted by atomic mass is 10.1. The Hall–Kier alpha value is -0.170. The fourth-order valence-corrected chi connectivity index (χ4v) is 3.62. The molecule has 0 radical (unpaired) electrons. The van der Waals surface area contributed by atoms with E-state index in [-0.39, 0.29) is 30.9 Å². The van der Waals surface area contributed by atoms with Crippen molar-refractivity contribution in [2.75, 3.05) is 24.6 Å². The fraction of sp³-hybridized carbons (Fsp3) is 0.500. The first kappa shape index (κ1) is 19.9. The second-order valence-corrected chi connectivity index (χ2v) is 6.91. The number of carbonyl (C=O) groups excluding carboxylic acids is 1. The third-order valence-corrected chi connectivity index (χ3v) is 4.94. The minimum atomic E-state index is -0.840. The van der Waals surface area contributed by atoms with Crippen LogP contribution in [-0.4, -0.2) is 41.7 Å². The SMILES string of the molecule is Cl.O=C(CC1CSCCN1)NCC(O)c1ccc(Cl)cc1Cl. The molecule has 2 unspecified atom stereocenters. The number of rotatable bonds is 5. The Morgan fingerprint density at radius 1 is 1.50 bits per heavy atom. The van der Waals surface area contributed by atoms with E-state index in [2.05, 4.69) is 10.6 Å². The lowest BCUT2D eigenvalue weighted by Gasteiger charge is -2.23. The van der Waals surface area contributed by atoms with Crippen LogP contribution in [0.25, 0.3) is 0 Å². The van der Waals surface area contributed by atoms with Crippen molar-refractivity contribution in [1.29, 1.82) is 0 Å². The van der Waals surface area contributed by atoms with Crippen LogP contribution in [0.1, 0.15) is 18.1 Å². The van der Waals surface area contributed by atoms with Gasteiger partial charge in [-0.25, -0.2) is 0 Å². The van der Waals surface area contributed by atoms with Crippen LogP contribution in [0.5, 0.6) is 0 Å². The van der Waals surface area contributed by atoms with Gasteiger partial charge in [-0.1, -0.05) is 29.3 Å². The van der Waals surface area contributed by atoms with Gasteiger partial charge in [0.2, 0.25) is 5.91 Å². The smallest absolute Gasteiger partial charge is 0.221 e. The van der Waals surface area contributed by atoms with Crippen molar-refractivity contribution >= 4 is 53.3 Å². The summed E-state index contributed by atoms with van der Waals surface area (Å²) in [6, 6.07) is 5.12. The highest BCUT2D eigenvalue weighted by Crippen LogP contribution is 2.25. The second-order valence-electron chi connectivity index (χ2n) is 4.92. The van der Waals surface area contributed by atoms with Gasteiger partial charge in [0.15, 0.2) is 0 Å². The number of hydrogen-bond acceptors (Lipinski definition) is 4. The molecule has 1 saturated heterocycles. The van der Waals surface area contributed by atoms with Crippen LogP contribution in [0.3, 0.4) is 0 Å². The first-order valence-corrected chi connectivity index (χ1v) is 8.68. The number of nitrogens with one attached hydrogen (secondary N) is 2. The van der Waals surface area contributed by atoms with Crippen molar-refractivity contribution in [3.8, 4) is 0 Å². The number of aliphatic hydroxyl groups excluding tert-OH is 1. The highest BCUT2D eigenvalue weighted by molar-refractivity contribution is 7.99. The predicted molar refractivity (Wildman–Crippen MR) is 95.4 cm³/mol. The summed E-state index contributed by atoms with van der Waals surface area (Å²) in [6.07, 6.45) is -0.416. The zero-order chi connectivity index (χ0) is 15.2. The molecule has 1 heterocycles. The largest absolute Gasteiger partial charge is 0.387 e. The Balaban J connectivity index is 0.00000242. The highest BCUT2D eigenvalue weighted by Gasteiger charge is 2.18. The van der Waals surface area contributed by atoms with Gasteiger partial charge < -0.3 is 15.7 Å². The first-order valence-electron chi connectivity index (χ1n) is 6.77. The highest BCUT2D eigenvalue weighted by atomic mass is 35.5. The van der Waals surface area contributed by atoms with Crippen LogP contribution in [0.15, 0.2) is 18.2 Å². The number of benzene rings is 1. The minimum Gasteiger partial charge on any atom is -0.387 e. The molecule has 1 aromatic carbocycles. The summed E-state index contributed by atoms with van der Waals surface area (Å²) in [5, 5.41) is 17.0. The second kappa shape index (κ2) is 9.85. The van der Waals surface area contributed by atoms with Gasteiger partial charge in [0, 0.05) is 52.7 Å². The molecule has 124 valence electrons. The number of amides is 1. The van der Waals surface area contributed by atoms with E-state index in [9.17, 15) is 9.90 Å². The summed E-state index contributed by atoms with van der Waals surface area (Å²) >= 11 is 13.7. The quantitative estimate of drug-likeness (QED) is 0.729. The van der Waals surface area contributed by atoms with E-state index >= 15 is 0 Å². The van der Waals surface area contributed by atoms with Gasteiger partial charge in [0.05, 0.1) is 6.10 Å². The molecule has 1 amide bonds. The Bertz CT molecular complexity index is 499. The molecule has 1 fully saturated rings. The number of carbonyl (C=O) groups is 1. The molecule has 1 aliphatic heterocycles. The van der Waals surface area contributed by atoms with Crippen molar-refractivity contribution < 1.29 is 9.90 Å². The van der Waals surface area contributed by atoms with Crippen molar-refractivity contribution in [2.45, 2.75) is 18.6 Å². The van der Waals surface area contributed by atoms with Crippen LogP contribution in [0, 0.1) is 0 Å². The number of aliphatic hydroxyl groups is 1. The van der Waals surface area contributed by atoms with Crippen LogP contribution >= 0.6 is 47.4 Å². The van der Waals surface area contributed by atoms with Gasteiger partial charge in [0.1, 0.15) is 0 Å². The molecule has 1 aliphatic rings. The predicted octanol–water partition coefficient (Wildman–Crippen LogP) is 2.66. The maximum Gasteiger partial charge on any atom is 0.221 e. The summed E-state index contributed by atoms with van der Waals surface area (Å²) in [4.78, 5) is 11.9. The molecule has 0 saturated carbocycles. The summed E-state index contributed by atoms with van der Waals surface area (Å²) in [6.45, 7) is 1.08. The Morgan fingerprint density at radius 3 is 2.91 bits per heavy atom. The molecule has 0 spiro atoms. The molecule has 2 rings (SSSR count). The first-order chi connectivity index (χ1) is 10.1. The third-order valence-electron chi connectivity index (χ3n) is 3.24. The summed E-state index contributed by atoms with van der Waals surface area (Å²) < 4.78 is 0. The Kier molecular flexibility index (Phi) is 8.90. The minimum absolute atomic E-state index is 0. The summed E-state index contributed by atoms with van der Waals surface area (Å²) in [7, 11) is 0. The molecule has 1 aromatic rings. The molecular weight excluding hydrogens is 367 g/mol. The van der Waals surface area contributed by atoms with Crippen molar-refractivity contribution in [2.24, 2.45) is 0 Å². The lowest BCUT2D eigenvalue weighted by molar-refractivity contribution is -0.121. The van der Waals surface area contributed by atoms with Gasteiger partial charge >= 0.3 is 0 Å². The standard InChI is InChI=1S/C14H18Cl2N2O2S.ClH/c15-9-1-2-11(12(16)5-9)13(19)7-18-14(20)6-10-8-21-4-3-17-10;/h1-2,5,10,13,17,19H,3-4,6-8H2,(H,18,20);1H. The summed E-state index contributed by atoms with van der Waals surface area (Å²) in [5.41, 5.74) is 0.563. The molecule has 3 N–H and O–H groups in total. The third kappa shape index (κ3) is 6.14. The maximum atomic E-state index is 11.9. The van der Waals surface area contributed by atoms with Crippen LogP contribution < -0.4 is 10.6 Å². The number of hydrogen-bond donors (Lipinski definition) is 3. The normalized spacial score (nSPS) is 19.1. The zero-order valence-electron chi connectivity index (χ0n) is 11.9. The van der Waals surface area contributed by atoms with E-state index in [0.29, 0.717) is 22.0 Å². The average molecular weight is 386 g/mol. The zero-order valence-corrected chi connectivity index (χ0v) is 15.0. The van der Waals surface area contributed by atoms with Crippen LogP contribution in [0.2, 0.25) is 10.0 Å².